The molecule has 0 spiro atoms. The standard InChI is InChI=1S/C48H30S/c1-2-10-31(11-3-1)39-27-40(34-20-18-33(19-21-34)37-23-22-32-12-4-5-14-36(32)26-37)29-41(28-39)45-30-38-15-7-8-16-42(38)46-44-25-24-35-13-6-9-17-43(35)47(44)49-48(45)46/h1-30H. The fraction of sp³-hybridized carbons (Fsp3) is 0. The third-order valence-corrected chi connectivity index (χ3v) is 11.3. The number of hydrogen-bond donors (Lipinski definition) is 0. The zero-order chi connectivity index (χ0) is 32.3. The summed E-state index contributed by atoms with van der Waals surface area (Å²) in [5, 5.41) is 10.4. The molecule has 0 saturated heterocycles. The Morgan fingerprint density at radius 1 is 0.265 bits per heavy atom. The number of thiophene rings is 1. The van der Waals surface area contributed by atoms with E-state index in [-0.39, 0.29) is 0 Å². The zero-order valence-corrected chi connectivity index (χ0v) is 27.5. The van der Waals surface area contributed by atoms with Gasteiger partial charge in [0.2, 0.25) is 0 Å². The predicted octanol–water partition coefficient (Wildman–Crippen LogP) is 14.2. The largest absolute Gasteiger partial charge is 0.134 e. The molecule has 0 aliphatic carbocycles. The van der Waals surface area contributed by atoms with E-state index in [1.807, 2.05) is 11.3 Å². The van der Waals surface area contributed by atoms with Crippen LogP contribution in [0.3, 0.4) is 0 Å². The van der Waals surface area contributed by atoms with Gasteiger partial charge in [-0.05, 0) is 102 Å². The van der Waals surface area contributed by atoms with Gasteiger partial charge in [0.15, 0.2) is 0 Å². The summed E-state index contributed by atoms with van der Waals surface area (Å²) in [6, 6.07) is 67.0. The van der Waals surface area contributed by atoms with Gasteiger partial charge in [0.1, 0.15) is 0 Å². The molecular formula is C48H30S. The Morgan fingerprint density at radius 3 is 1.59 bits per heavy atom. The molecule has 0 aliphatic rings. The van der Waals surface area contributed by atoms with Gasteiger partial charge in [0, 0.05) is 25.7 Å². The molecule has 1 heteroatoms. The highest BCUT2D eigenvalue weighted by atomic mass is 32.1. The van der Waals surface area contributed by atoms with Crippen molar-refractivity contribution >= 4 is 63.8 Å². The van der Waals surface area contributed by atoms with Gasteiger partial charge in [-0.15, -0.1) is 11.3 Å². The lowest BCUT2D eigenvalue weighted by Gasteiger charge is -2.14. The summed E-state index contributed by atoms with van der Waals surface area (Å²) in [6.45, 7) is 0. The van der Waals surface area contributed by atoms with Gasteiger partial charge in [-0.25, -0.2) is 0 Å². The van der Waals surface area contributed by atoms with Crippen LogP contribution in [0, 0.1) is 0 Å². The number of benzene rings is 9. The van der Waals surface area contributed by atoms with Crippen LogP contribution < -0.4 is 0 Å². The Morgan fingerprint density at radius 2 is 0.816 bits per heavy atom. The van der Waals surface area contributed by atoms with E-state index in [1.54, 1.807) is 0 Å². The molecule has 1 heterocycles. The van der Waals surface area contributed by atoms with Gasteiger partial charge in [-0.3, -0.25) is 0 Å². The van der Waals surface area contributed by atoms with Gasteiger partial charge in [0.25, 0.3) is 0 Å². The van der Waals surface area contributed by atoms with E-state index in [9.17, 15) is 0 Å². The van der Waals surface area contributed by atoms with Gasteiger partial charge in [0.05, 0.1) is 0 Å². The summed E-state index contributed by atoms with van der Waals surface area (Å²) < 4.78 is 2.70. The Balaban J connectivity index is 1.19. The summed E-state index contributed by atoms with van der Waals surface area (Å²) >= 11 is 1.93. The van der Waals surface area contributed by atoms with E-state index in [4.69, 9.17) is 0 Å². The Hall–Kier alpha value is -6.02. The summed E-state index contributed by atoms with van der Waals surface area (Å²) in [4.78, 5) is 0. The van der Waals surface area contributed by atoms with E-state index in [1.165, 1.54) is 97.0 Å². The number of rotatable bonds is 4. The molecule has 10 aromatic rings. The van der Waals surface area contributed by atoms with Crippen LogP contribution in [0.1, 0.15) is 0 Å². The van der Waals surface area contributed by atoms with Crippen molar-refractivity contribution in [1.29, 1.82) is 0 Å². The molecule has 1 aromatic heterocycles. The van der Waals surface area contributed by atoms with E-state index in [2.05, 4.69) is 182 Å². The fourth-order valence-electron chi connectivity index (χ4n) is 7.54. The first kappa shape index (κ1) is 28.0. The van der Waals surface area contributed by atoms with Crippen molar-refractivity contribution in [2.24, 2.45) is 0 Å². The Kier molecular flexibility index (Phi) is 6.47. The van der Waals surface area contributed by atoms with Gasteiger partial charge >= 0.3 is 0 Å². The molecule has 0 N–H and O–H groups in total. The Labute approximate surface area is 289 Å². The first-order valence-electron chi connectivity index (χ1n) is 16.8. The average molecular weight is 639 g/mol. The molecule has 0 amide bonds. The number of fused-ring (bicyclic) bond motifs is 8. The molecule has 49 heavy (non-hydrogen) atoms. The highest BCUT2D eigenvalue weighted by Gasteiger charge is 2.17. The van der Waals surface area contributed by atoms with Crippen LogP contribution in [-0.4, -0.2) is 0 Å². The van der Waals surface area contributed by atoms with E-state index < -0.39 is 0 Å². The van der Waals surface area contributed by atoms with Crippen LogP contribution in [0.2, 0.25) is 0 Å². The van der Waals surface area contributed by atoms with Gasteiger partial charge in [-0.1, -0.05) is 152 Å². The fourth-order valence-corrected chi connectivity index (χ4v) is 8.93. The lowest BCUT2D eigenvalue weighted by molar-refractivity contribution is 1.57. The quantitative estimate of drug-likeness (QED) is 0.180. The van der Waals surface area contributed by atoms with Crippen molar-refractivity contribution < 1.29 is 0 Å². The van der Waals surface area contributed by atoms with Crippen LogP contribution in [0.5, 0.6) is 0 Å². The molecule has 0 atom stereocenters. The Bertz CT molecular complexity index is 2860. The van der Waals surface area contributed by atoms with E-state index >= 15 is 0 Å². The third-order valence-electron chi connectivity index (χ3n) is 10.0. The van der Waals surface area contributed by atoms with Crippen molar-refractivity contribution in [3.63, 3.8) is 0 Å². The molecule has 9 aromatic carbocycles. The van der Waals surface area contributed by atoms with Crippen molar-refractivity contribution in [3.8, 4) is 44.5 Å². The summed E-state index contributed by atoms with van der Waals surface area (Å²) in [6.07, 6.45) is 0. The molecule has 0 nitrogen and oxygen atoms in total. The second kappa shape index (κ2) is 11.3. The highest BCUT2D eigenvalue weighted by Crippen LogP contribution is 2.47. The smallest absolute Gasteiger partial charge is 0.0440 e. The first-order valence-corrected chi connectivity index (χ1v) is 17.6. The topological polar surface area (TPSA) is 0 Å². The third kappa shape index (κ3) is 4.74. The van der Waals surface area contributed by atoms with Crippen molar-refractivity contribution in [1.82, 2.24) is 0 Å². The van der Waals surface area contributed by atoms with E-state index in [0.29, 0.717) is 0 Å². The van der Waals surface area contributed by atoms with Crippen LogP contribution in [0.4, 0.5) is 0 Å². The zero-order valence-electron chi connectivity index (χ0n) is 26.7. The molecule has 10 rings (SSSR count). The second-order valence-electron chi connectivity index (χ2n) is 12.9. The van der Waals surface area contributed by atoms with Gasteiger partial charge in [-0.2, -0.15) is 0 Å². The lowest BCUT2D eigenvalue weighted by Crippen LogP contribution is -1.88. The molecule has 0 radical (unpaired) electrons. The maximum absolute atomic E-state index is 2.41. The van der Waals surface area contributed by atoms with Gasteiger partial charge < -0.3 is 0 Å². The van der Waals surface area contributed by atoms with Crippen LogP contribution in [-0.2, 0) is 0 Å². The molecular weight excluding hydrogens is 609 g/mol. The molecule has 0 fully saturated rings. The van der Waals surface area contributed by atoms with Crippen molar-refractivity contribution in [3.05, 3.63) is 182 Å². The summed E-state index contributed by atoms with van der Waals surface area (Å²) in [5.41, 5.74) is 9.85. The molecule has 0 unspecified atom stereocenters. The monoisotopic (exact) mass is 638 g/mol. The van der Waals surface area contributed by atoms with Crippen LogP contribution in [0.25, 0.3) is 97.0 Å². The maximum Gasteiger partial charge on any atom is 0.0440 e. The number of hydrogen-bond acceptors (Lipinski definition) is 1. The molecule has 0 saturated carbocycles. The summed E-state index contributed by atoms with van der Waals surface area (Å²) in [5.74, 6) is 0. The second-order valence-corrected chi connectivity index (χ2v) is 13.9. The first-order chi connectivity index (χ1) is 24.3. The highest BCUT2D eigenvalue weighted by molar-refractivity contribution is 7.27. The minimum absolute atomic E-state index is 1.21. The van der Waals surface area contributed by atoms with Crippen LogP contribution >= 0.6 is 11.3 Å². The maximum atomic E-state index is 2.41. The van der Waals surface area contributed by atoms with Crippen molar-refractivity contribution in [2.75, 3.05) is 0 Å². The molecule has 0 bridgehead atoms. The normalized spacial score (nSPS) is 11.7. The van der Waals surface area contributed by atoms with Crippen LogP contribution in [0.15, 0.2) is 182 Å². The minimum Gasteiger partial charge on any atom is -0.134 e. The van der Waals surface area contributed by atoms with E-state index in [0.717, 1.165) is 0 Å². The predicted molar refractivity (Wildman–Crippen MR) is 214 cm³/mol. The summed E-state index contributed by atoms with van der Waals surface area (Å²) in [7, 11) is 0. The molecule has 228 valence electrons. The SMILES string of the molecule is c1ccc(-c2cc(-c3ccc(-c4ccc5ccccc5c4)cc3)cc(-c3cc4ccccc4c4c3sc3c5ccccc5ccc34)c2)cc1. The minimum atomic E-state index is 1.21. The average Bonchev–Trinajstić information content (AvgIpc) is 3.58. The molecule has 0 aliphatic heterocycles. The van der Waals surface area contributed by atoms with Crippen molar-refractivity contribution in [2.45, 2.75) is 0 Å². The lowest BCUT2D eigenvalue weighted by atomic mass is 9.90.